The quantitative estimate of drug-likeness (QED) is 0.266. The van der Waals surface area contributed by atoms with Crippen LogP contribution in [0.4, 0.5) is 16.5 Å². The highest BCUT2D eigenvalue weighted by atomic mass is 32.1. The number of anilines is 2. The summed E-state index contributed by atoms with van der Waals surface area (Å²) in [5.74, 6) is -0.493. The lowest BCUT2D eigenvalue weighted by Crippen LogP contribution is -2.35. The molecule has 0 bridgehead atoms. The number of hydrogen-bond donors (Lipinski definition) is 2. The van der Waals surface area contributed by atoms with Crippen LogP contribution in [0.3, 0.4) is 0 Å². The topological polar surface area (TPSA) is 153 Å². The van der Waals surface area contributed by atoms with Crippen LogP contribution < -0.4 is 20.1 Å². The van der Waals surface area contributed by atoms with Crippen molar-refractivity contribution in [3.63, 3.8) is 0 Å². The van der Waals surface area contributed by atoms with Gasteiger partial charge in [0.25, 0.3) is 11.8 Å². The first-order chi connectivity index (χ1) is 20.3. The van der Waals surface area contributed by atoms with Crippen LogP contribution in [0, 0.1) is 0 Å². The SMILES string of the molecule is COC(=O)c1cc(NC(=O)c2csc(NC(=O)CCCOc3cc4c(cc3OC)C(=O)N3CCC[C@H]3C=N4)n2)cn1C. The van der Waals surface area contributed by atoms with Gasteiger partial charge in [0.15, 0.2) is 16.6 Å². The number of hydrogen-bond acceptors (Lipinski definition) is 10. The molecule has 3 amide bonds. The molecule has 14 heteroatoms. The molecule has 1 saturated heterocycles. The largest absolute Gasteiger partial charge is 0.493 e. The molecule has 2 aliphatic rings. The Hall–Kier alpha value is -4.72. The van der Waals surface area contributed by atoms with E-state index in [1.807, 2.05) is 11.1 Å². The number of aromatic nitrogens is 2. The van der Waals surface area contributed by atoms with Crippen LogP contribution in [0.1, 0.15) is 57.0 Å². The summed E-state index contributed by atoms with van der Waals surface area (Å²) in [5.41, 5.74) is 1.82. The maximum Gasteiger partial charge on any atom is 0.354 e. The smallest absolute Gasteiger partial charge is 0.354 e. The van der Waals surface area contributed by atoms with Crippen molar-refractivity contribution in [2.45, 2.75) is 31.7 Å². The number of amides is 3. The number of nitrogens with zero attached hydrogens (tertiary/aromatic N) is 4. The van der Waals surface area contributed by atoms with Crippen molar-refractivity contribution < 1.29 is 33.4 Å². The molecular formula is C28H30N6O7S. The van der Waals surface area contributed by atoms with Gasteiger partial charge >= 0.3 is 5.97 Å². The zero-order valence-electron chi connectivity index (χ0n) is 23.3. The lowest BCUT2D eigenvalue weighted by Gasteiger charge is -2.20. The fraction of sp³-hybridized carbons (Fsp3) is 0.357. The van der Waals surface area contributed by atoms with Gasteiger partial charge < -0.3 is 34.3 Å². The molecule has 2 aromatic heterocycles. The highest BCUT2D eigenvalue weighted by Crippen LogP contribution is 2.38. The molecule has 0 unspecified atom stereocenters. The minimum Gasteiger partial charge on any atom is -0.493 e. The Morgan fingerprint density at radius 3 is 2.76 bits per heavy atom. The Bertz CT molecular complexity index is 1560. The molecule has 2 aliphatic heterocycles. The molecule has 1 fully saturated rings. The molecule has 13 nitrogen and oxygen atoms in total. The van der Waals surface area contributed by atoms with Crippen LogP contribution in [0.5, 0.6) is 11.5 Å². The van der Waals surface area contributed by atoms with Crippen molar-refractivity contribution in [3.05, 3.63) is 46.7 Å². The highest BCUT2D eigenvalue weighted by Gasteiger charge is 2.32. The molecule has 0 radical (unpaired) electrons. The van der Waals surface area contributed by atoms with Gasteiger partial charge in [-0.1, -0.05) is 0 Å². The van der Waals surface area contributed by atoms with Gasteiger partial charge in [-0.3, -0.25) is 19.4 Å². The van der Waals surface area contributed by atoms with E-state index in [1.165, 1.54) is 30.2 Å². The van der Waals surface area contributed by atoms with Crippen molar-refractivity contribution in [2.24, 2.45) is 12.0 Å². The number of thiazole rings is 1. The lowest BCUT2D eigenvalue weighted by atomic mass is 10.1. The normalized spacial score (nSPS) is 15.5. The number of esters is 1. The number of rotatable bonds is 10. The maximum absolute atomic E-state index is 13.0. The number of nitrogens with one attached hydrogen (secondary N) is 2. The predicted octanol–water partition coefficient (Wildman–Crippen LogP) is 3.65. The van der Waals surface area contributed by atoms with E-state index >= 15 is 0 Å². The molecule has 1 atom stereocenters. The molecule has 2 N–H and O–H groups in total. The number of carbonyl (C=O) groups is 4. The third-order valence-electron chi connectivity index (χ3n) is 6.90. The maximum atomic E-state index is 13.0. The van der Waals surface area contributed by atoms with Gasteiger partial charge in [0.2, 0.25) is 5.91 Å². The molecule has 0 saturated carbocycles. The second-order valence-electron chi connectivity index (χ2n) is 9.72. The van der Waals surface area contributed by atoms with Crippen LogP contribution in [0.2, 0.25) is 0 Å². The van der Waals surface area contributed by atoms with E-state index in [0.29, 0.717) is 41.4 Å². The average molecular weight is 595 g/mol. The summed E-state index contributed by atoms with van der Waals surface area (Å²) >= 11 is 1.12. The fourth-order valence-corrected chi connectivity index (χ4v) is 5.49. The molecule has 220 valence electrons. The Balaban J connectivity index is 1.11. The number of ether oxygens (including phenoxy) is 3. The monoisotopic (exact) mass is 594 g/mol. The average Bonchev–Trinajstić information content (AvgIpc) is 3.72. The summed E-state index contributed by atoms with van der Waals surface area (Å²) in [6.07, 6.45) is 5.80. The minimum atomic E-state index is -0.523. The van der Waals surface area contributed by atoms with Gasteiger partial charge in [-0.05, 0) is 31.4 Å². The van der Waals surface area contributed by atoms with E-state index in [2.05, 4.69) is 20.6 Å². The Kier molecular flexibility index (Phi) is 8.52. The van der Waals surface area contributed by atoms with Gasteiger partial charge in [0, 0.05) is 43.9 Å². The number of fused-ring (bicyclic) bond motifs is 2. The van der Waals surface area contributed by atoms with Crippen molar-refractivity contribution in [1.29, 1.82) is 0 Å². The first kappa shape index (κ1) is 28.8. The Labute approximate surface area is 245 Å². The van der Waals surface area contributed by atoms with E-state index in [1.54, 1.807) is 25.4 Å². The third-order valence-corrected chi connectivity index (χ3v) is 7.66. The zero-order valence-corrected chi connectivity index (χ0v) is 24.2. The van der Waals surface area contributed by atoms with Gasteiger partial charge in [-0.25, -0.2) is 9.78 Å². The second-order valence-corrected chi connectivity index (χ2v) is 10.6. The van der Waals surface area contributed by atoms with E-state index in [-0.39, 0.29) is 47.4 Å². The van der Waals surface area contributed by atoms with E-state index in [4.69, 9.17) is 14.2 Å². The molecule has 5 rings (SSSR count). The van der Waals surface area contributed by atoms with E-state index in [9.17, 15) is 19.2 Å². The van der Waals surface area contributed by atoms with E-state index in [0.717, 1.165) is 24.2 Å². The molecule has 1 aromatic carbocycles. The Morgan fingerprint density at radius 2 is 1.98 bits per heavy atom. The van der Waals surface area contributed by atoms with Crippen molar-refractivity contribution in [1.82, 2.24) is 14.5 Å². The van der Waals surface area contributed by atoms with Crippen molar-refractivity contribution in [3.8, 4) is 11.5 Å². The van der Waals surface area contributed by atoms with Crippen molar-refractivity contribution in [2.75, 3.05) is 38.0 Å². The molecule has 4 heterocycles. The molecule has 0 aliphatic carbocycles. The van der Waals surface area contributed by atoms with Crippen LogP contribution >= 0.6 is 11.3 Å². The Morgan fingerprint density at radius 1 is 1.14 bits per heavy atom. The summed E-state index contributed by atoms with van der Waals surface area (Å²) in [4.78, 5) is 60.4. The first-order valence-corrected chi connectivity index (χ1v) is 14.2. The van der Waals surface area contributed by atoms with Crippen molar-refractivity contribution >= 4 is 57.7 Å². The number of aliphatic imine (C=N–C) groups is 1. The van der Waals surface area contributed by atoms with Gasteiger partial charge in [0.1, 0.15) is 11.4 Å². The molecule has 3 aromatic rings. The standard InChI is InChI=1S/C28H30N6O7S/c1-33-14-16(10-21(33)27(38)40-3)30-25(36)20-15-42-28(31-20)32-24(35)7-5-9-41-23-12-19-18(11-22(23)39-2)26(37)34-8-4-6-17(34)13-29-19/h10-15,17H,4-9H2,1-3H3,(H,30,36)(H,31,32,35)/t17-/m0/s1. The number of benzene rings is 1. The minimum absolute atomic E-state index is 0.00665. The summed E-state index contributed by atoms with van der Waals surface area (Å²) in [6, 6.07) is 4.85. The predicted molar refractivity (Wildman–Crippen MR) is 155 cm³/mol. The molecule has 0 spiro atoms. The van der Waals surface area contributed by atoms with Crippen LogP contribution in [-0.4, -0.2) is 77.8 Å². The van der Waals surface area contributed by atoms with E-state index < -0.39 is 11.9 Å². The summed E-state index contributed by atoms with van der Waals surface area (Å²) < 4.78 is 17.6. The van der Waals surface area contributed by atoms with Gasteiger partial charge in [-0.2, -0.15) is 0 Å². The van der Waals surface area contributed by atoms with Crippen LogP contribution in [-0.2, 0) is 16.6 Å². The summed E-state index contributed by atoms with van der Waals surface area (Å²) in [6.45, 7) is 0.936. The zero-order chi connectivity index (χ0) is 29.8. The molecular weight excluding hydrogens is 564 g/mol. The van der Waals surface area contributed by atoms with Crippen LogP contribution in [0.25, 0.3) is 0 Å². The van der Waals surface area contributed by atoms with Crippen LogP contribution in [0.15, 0.2) is 34.8 Å². The first-order valence-electron chi connectivity index (χ1n) is 13.3. The number of aryl methyl sites for hydroxylation is 1. The highest BCUT2D eigenvalue weighted by molar-refractivity contribution is 7.14. The summed E-state index contributed by atoms with van der Waals surface area (Å²) in [7, 11) is 4.44. The molecule has 42 heavy (non-hydrogen) atoms. The summed E-state index contributed by atoms with van der Waals surface area (Å²) in [5, 5.41) is 7.18. The lowest BCUT2D eigenvalue weighted by molar-refractivity contribution is -0.116. The van der Waals surface area contributed by atoms with Gasteiger partial charge in [0.05, 0.1) is 43.8 Å². The van der Waals surface area contributed by atoms with Gasteiger partial charge in [-0.15, -0.1) is 11.3 Å². The number of carbonyl (C=O) groups excluding carboxylic acids is 4. The third kappa shape index (κ3) is 6.12. The second kappa shape index (κ2) is 12.4. The number of methoxy groups -OCH3 is 2. The fourth-order valence-electron chi connectivity index (χ4n) is 4.79.